The Morgan fingerprint density at radius 3 is 2.65 bits per heavy atom. The molecule has 0 saturated carbocycles. The summed E-state index contributed by atoms with van der Waals surface area (Å²) in [5.41, 5.74) is 3.05. The van der Waals surface area contributed by atoms with Gasteiger partial charge in [0.1, 0.15) is 11.3 Å². The molecule has 1 N–H and O–H groups in total. The predicted octanol–water partition coefficient (Wildman–Crippen LogP) is 5.93. The molecule has 2 aromatic heterocycles. The smallest absolute Gasteiger partial charge is 0.257 e. The zero-order valence-corrected chi connectivity index (χ0v) is 17.0. The standard InChI is InChI=1S/C24H16FN3O2S/c25-18-9-6-15(7-10-18)12-19-14-26-24(31-19)27-23(29)17-8-11-21-20(13-17)22(30-28-21)16-4-2-1-3-5-16/h1-11,13-14H,12H2,(H,26,27,29). The van der Waals surface area contributed by atoms with E-state index in [2.05, 4.69) is 15.5 Å². The Hall–Kier alpha value is -3.84. The summed E-state index contributed by atoms with van der Waals surface area (Å²) in [6, 6.07) is 21.2. The van der Waals surface area contributed by atoms with Crippen molar-refractivity contribution < 1.29 is 13.7 Å². The first-order valence-corrected chi connectivity index (χ1v) is 10.4. The van der Waals surface area contributed by atoms with E-state index >= 15 is 0 Å². The molecule has 0 aliphatic heterocycles. The quantitative estimate of drug-likeness (QED) is 0.376. The van der Waals surface area contributed by atoms with E-state index in [1.807, 2.05) is 30.3 Å². The molecular formula is C24H16FN3O2S. The van der Waals surface area contributed by atoms with Gasteiger partial charge in [-0.25, -0.2) is 9.37 Å². The van der Waals surface area contributed by atoms with Crippen LogP contribution in [0.15, 0.2) is 83.5 Å². The zero-order chi connectivity index (χ0) is 21.2. The molecule has 0 radical (unpaired) electrons. The fourth-order valence-corrected chi connectivity index (χ4v) is 4.14. The Bertz CT molecular complexity index is 1360. The maximum atomic E-state index is 13.1. The lowest BCUT2D eigenvalue weighted by Crippen LogP contribution is -2.11. The van der Waals surface area contributed by atoms with Crippen molar-refractivity contribution in [1.82, 2.24) is 10.1 Å². The molecular weight excluding hydrogens is 413 g/mol. The van der Waals surface area contributed by atoms with Crippen LogP contribution < -0.4 is 5.32 Å². The Balaban J connectivity index is 1.35. The minimum absolute atomic E-state index is 0.259. The lowest BCUT2D eigenvalue weighted by Gasteiger charge is -2.02. The number of nitrogens with zero attached hydrogens (tertiary/aromatic N) is 2. The summed E-state index contributed by atoms with van der Waals surface area (Å²) in [4.78, 5) is 18.1. The topological polar surface area (TPSA) is 68.0 Å². The van der Waals surface area contributed by atoms with Crippen molar-refractivity contribution in [2.24, 2.45) is 0 Å². The first-order chi connectivity index (χ1) is 15.2. The Morgan fingerprint density at radius 2 is 1.84 bits per heavy atom. The highest BCUT2D eigenvalue weighted by Gasteiger charge is 2.15. The lowest BCUT2D eigenvalue weighted by atomic mass is 10.1. The van der Waals surface area contributed by atoms with Crippen LogP contribution >= 0.6 is 11.3 Å². The Morgan fingerprint density at radius 1 is 1.03 bits per heavy atom. The summed E-state index contributed by atoms with van der Waals surface area (Å²) >= 11 is 1.39. The van der Waals surface area contributed by atoms with Gasteiger partial charge in [-0.3, -0.25) is 10.1 Å². The van der Waals surface area contributed by atoms with E-state index in [0.717, 1.165) is 21.4 Å². The molecule has 5 aromatic rings. The van der Waals surface area contributed by atoms with Gasteiger partial charge in [-0.2, -0.15) is 0 Å². The van der Waals surface area contributed by atoms with Crippen LogP contribution in [0.2, 0.25) is 0 Å². The van der Waals surface area contributed by atoms with Gasteiger partial charge >= 0.3 is 0 Å². The van der Waals surface area contributed by atoms with Gasteiger partial charge in [0.25, 0.3) is 5.91 Å². The van der Waals surface area contributed by atoms with Crippen LogP contribution in [-0.4, -0.2) is 16.0 Å². The van der Waals surface area contributed by atoms with Crippen LogP contribution in [0.25, 0.3) is 22.2 Å². The van der Waals surface area contributed by atoms with Crippen molar-refractivity contribution in [3.05, 3.63) is 101 Å². The van der Waals surface area contributed by atoms with Crippen LogP contribution in [0, 0.1) is 5.82 Å². The van der Waals surface area contributed by atoms with Crippen LogP contribution in [0.3, 0.4) is 0 Å². The van der Waals surface area contributed by atoms with Gasteiger partial charge in [0.05, 0.1) is 5.39 Å². The molecule has 0 fully saturated rings. The van der Waals surface area contributed by atoms with E-state index in [0.29, 0.717) is 28.4 Å². The number of thiazole rings is 1. The molecule has 0 aliphatic carbocycles. The summed E-state index contributed by atoms with van der Waals surface area (Å²) in [5, 5.41) is 8.22. The molecule has 0 bridgehead atoms. The third kappa shape index (κ3) is 4.08. The molecule has 7 heteroatoms. The van der Waals surface area contributed by atoms with Crippen LogP contribution in [0.5, 0.6) is 0 Å². The average Bonchev–Trinajstić information content (AvgIpc) is 3.42. The number of hydrogen-bond donors (Lipinski definition) is 1. The summed E-state index contributed by atoms with van der Waals surface area (Å²) in [5.74, 6) is 0.104. The van der Waals surface area contributed by atoms with Crippen molar-refractivity contribution in [1.29, 1.82) is 0 Å². The van der Waals surface area contributed by atoms with Crippen molar-refractivity contribution in [3.8, 4) is 11.3 Å². The van der Waals surface area contributed by atoms with Crippen molar-refractivity contribution in [3.63, 3.8) is 0 Å². The Labute approximate surface area is 181 Å². The number of benzene rings is 3. The largest absolute Gasteiger partial charge is 0.355 e. The normalized spacial score (nSPS) is 11.0. The van der Waals surface area contributed by atoms with Crippen molar-refractivity contribution >= 4 is 33.3 Å². The first kappa shape index (κ1) is 19.1. The van der Waals surface area contributed by atoms with Gasteiger partial charge in [0, 0.05) is 28.6 Å². The monoisotopic (exact) mass is 429 g/mol. The molecule has 5 nitrogen and oxygen atoms in total. The molecule has 0 atom stereocenters. The number of carbonyl (C=O) groups is 1. The van der Waals surface area contributed by atoms with Gasteiger partial charge < -0.3 is 4.52 Å². The fraction of sp³-hybridized carbons (Fsp3) is 0.0417. The summed E-state index contributed by atoms with van der Waals surface area (Å²) in [7, 11) is 0. The third-order valence-corrected chi connectivity index (χ3v) is 5.75. The average molecular weight is 429 g/mol. The maximum Gasteiger partial charge on any atom is 0.257 e. The minimum Gasteiger partial charge on any atom is -0.355 e. The van der Waals surface area contributed by atoms with E-state index in [1.165, 1.54) is 23.5 Å². The molecule has 0 spiro atoms. The van der Waals surface area contributed by atoms with Crippen molar-refractivity contribution in [2.45, 2.75) is 6.42 Å². The van der Waals surface area contributed by atoms with Crippen LogP contribution in [0.1, 0.15) is 20.8 Å². The molecule has 152 valence electrons. The second kappa shape index (κ2) is 8.12. The SMILES string of the molecule is O=C(Nc1ncc(Cc2ccc(F)cc2)s1)c1ccc2noc(-c3ccccc3)c2c1. The van der Waals surface area contributed by atoms with Gasteiger partial charge in [-0.15, -0.1) is 11.3 Å². The van der Waals surface area contributed by atoms with Gasteiger partial charge in [0.2, 0.25) is 0 Å². The predicted molar refractivity (Wildman–Crippen MR) is 119 cm³/mol. The number of halogens is 1. The molecule has 2 heterocycles. The van der Waals surface area contributed by atoms with E-state index < -0.39 is 0 Å². The molecule has 5 rings (SSSR count). The highest BCUT2D eigenvalue weighted by atomic mass is 32.1. The number of carbonyl (C=O) groups excluding carboxylic acids is 1. The second-order valence-corrected chi connectivity index (χ2v) is 8.11. The van der Waals surface area contributed by atoms with E-state index in [1.54, 1.807) is 36.5 Å². The van der Waals surface area contributed by atoms with Crippen LogP contribution in [0.4, 0.5) is 9.52 Å². The summed E-state index contributed by atoms with van der Waals surface area (Å²) in [6.07, 6.45) is 2.35. The van der Waals surface area contributed by atoms with E-state index in [9.17, 15) is 9.18 Å². The zero-order valence-electron chi connectivity index (χ0n) is 16.2. The van der Waals surface area contributed by atoms with Gasteiger partial charge in [-0.05, 0) is 35.9 Å². The number of rotatable bonds is 5. The molecule has 0 aliphatic rings. The number of nitrogens with one attached hydrogen (secondary N) is 1. The molecule has 31 heavy (non-hydrogen) atoms. The highest BCUT2D eigenvalue weighted by molar-refractivity contribution is 7.15. The second-order valence-electron chi connectivity index (χ2n) is 7.00. The number of hydrogen-bond acceptors (Lipinski definition) is 5. The number of aromatic nitrogens is 2. The number of fused-ring (bicyclic) bond motifs is 1. The van der Waals surface area contributed by atoms with E-state index in [-0.39, 0.29) is 11.7 Å². The maximum absolute atomic E-state index is 13.1. The van der Waals surface area contributed by atoms with Crippen molar-refractivity contribution in [2.75, 3.05) is 5.32 Å². The molecule has 3 aromatic carbocycles. The van der Waals surface area contributed by atoms with Crippen LogP contribution in [-0.2, 0) is 6.42 Å². The fourth-order valence-electron chi connectivity index (χ4n) is 3.30. The van der Waals surface area contributed by atoms with Gasteiger partial charge in [-0.1, -0.05) is 47.6 Å². The first-order valence-electron chi connectivity index (χ1n) is 9.61. The number of anilines is 1. The lowest BCUT2D eigenvalue weighted by molar-refractivity contribution is 0.102. The summed E-state index contributed by atoms with van der Waals surface area (Å²) in [6.45, 7) is 0. The van der Waals surface area contributed by atoms with E-state index in [4.69, 9.17) is 4.52 Å². The number of amides is 1. The minimum atomic E-state index is -0.263. The summed E-state index contributed by atoms with van der Waals surface area (Å²) < 4.78 is 18.6. The third-order valence-electron chi connectivity index (χ3n) is 4.84. The van der Waals surface area contributed by atoms with Gasteiger partial charge in [0.15, 0.2) is 10.9 Å². The Kier molecular flexibility index (Phi) is 5.01. The molecule has 0 unspecified atom stereocenters. The molecule has 0 saturated heterocycles. The highest BCUT2D eigenvalue weighted by Crippen LogP contribution is 2.29. The molecule has 1 amide bonds.